The van der Waals surface area contributed by atoms with Crippen molar-refractivity contribution in [3.8, 4) is 5.75 Å². The van der Waals surface area contributed by atoms with Crippen LogP contribution in [0.2, 0.25) is 5.02 Å². The predicted molar refractivity (Wildman–Crippen MR) is 131 cm³/mol. The van der Waals surface area contributed by atoms with Gasteiger partial charge in [0.05, 0.1) is 18.0 Å². The van der Waals surface area contributed by atoms with E-state index in [-0.39, 0.29) is 5.91 Å². The van der Waals surface area contributed by atoms with Crippen LogP contribution in [0.5, 0.6) is 5.75 Å². The zero-order chi connectivity index (χ0) is 22.5. The number of amides is 1. The maximum Gasteiger partial charge on any atom is 0.238 e. The van der Waals surface area contributed by atoms with E-state index < -0.39 is 5.92 Å². The molecule has 32 heavy (non-hydrogen) atoms. The van der Waals surface area contributed by atoms with Gasteiger partial charge in [-0.15, -0.1) is 0 Å². The molecule has 4 rings (SSSR count). The fraction of sp³-hybridized carbons (Fsp3) is 0.231. The summed E-state index contributed by atoms with van der Waals surface area (Å²) in [6.45, 7) is 1.65. The first-order valence-electron chi connectivity index (χ1n) is 10.6. The van der Waals surface area contributed by atoms with Crippen molar-refractivity contribution in [3.05, 3.63) is 88.9 Å². The molecular formula is C26H26ClN3O2. The largest absolute Gasteiger partial charge is 0.494 e. The van der Waals surface area contributed by atoms with Crippen LogP contribution in [0.15, 0.2) is 77.8 Å². The van der Waals surface area contributed by atoms with E-state index in [1.165, 1.54) is 0 Å². The number of carbonyl (C=O) groups excluding carboxylic acids is 1. The van der Waals surface area contributed by atoms with Gasteiger partial charge in [0, 0.05) is 17.3 Å². The minimum Gasteiger partial charge on any atom is -0.494 e. The summed E-state index contributed by atoms with van der Waals surface area (Å²) >= 11 is 6.12. The summed E-state index contributed by atoms with van der Waals surface area (Å²) in [5.41, 5.74) is 3.98. The van der Waals surface area contributed by atoms with Gasteiger partial charge >= 0.3 is 0 Å². The molecule has 0 aromatic heterocycles. The number of hydrogen-bond donors (Lipinski definition) is 1. The normalized spacial score (nSPS) is 15.6. The number of ether oxygens (including phenoxy) is 1. The van der Waals surface area contributed by atoms with Crippen molar-refractivity contribution >= 4 is 34.6 Å². The number of fused-ring (bicyclic) bond motifs is 1. The number of nitrogens with zero attached hydrogens (tertiary/aromatic N) is 2. The summed E-state index contributed by atoms with van der Waals surface area (Å²) in [5.74, 6) is 0.194. The van der Waals surface area contributed by atoms with Crippen molar-refractivity contribution in [1.82, 2.24) is 4.90 Å². The first kappa shape index (κ1) is 22.1. The quantitative estimate of drug-likeness (QED) is 0.365. The van der Waals surface area contributed by atoms with Crippen LogP contribution < -0.4 is 10.1 Å². The van der Waals surface area contributed by atoms with Crippen LogP contribution >= 0.6 is 11.6 Å². The van der Waals surface area contributed by atoms with Crippen LogP contribution in [0, 0.1) is 0 Å². The van der Waals surface area contributed by atoms with Crippen LogP contribution in [-0.2, 0) is 4.79 Å². The van der Waals surface area contributed by atoms with E-state index >= 15 is 0 Å². The van der Waals surface area contributed by atoms with Crippen molar-refractivity contribution in [2.75, 3.05) is 32.6 Å². The van der Waals surface area contributed by atoms with E-state index in [0.717, 1.165) is 41.2 Å². The molecular weight excluding hydrogens is 422 g/mol. The first-order chi connectivity index (χ1) is 15.5. The van der Waals surface area contributed by atoms with Gasteiger partial charge in [-0.05, 0) is 68.0 Å². The molecule has 0 radical (unpaired) electrons. The minimum absolute atomic E-state index is 0.106. The van der Waals surface area contributed by atoms with E-state index in [0.29, 0.717) is 17.3 Å². The predicted octanol–water partition coefficient (Wildman–Crippen LogP) is 5.53. The van der Waals surface area contributed by atoms with Crippen molar-refractivity contribution in [1.29, 1.82) is 0 Å². The molecule has 0 bridgehead atoms. The zero-order valence-corrected chi connectivity index (χ0v) is 19.0. The third-order valence-electron chi connectivity index (χ3n) is 5.29. The number of rotatable bonds is 8. The molecule has 1 aliphatic rings. The zero-order valence-electron chi connectivity index (χ0n) is 18.2. The Bertz CT molecular complexity index is 1110. The monoisotopic (exact) mass is 447 g/mol. The standard InChI is InChI=1S/C26H26ClN3O2/c1-30(2)15-6-16-32-21-12-10-20(11-13-21)28-25(18-7-4-3-5-8-18)24-22-14-9-19(27)17-23(22)29-26(24)31/h3-5,7-14,17,24H,6,15-16H2,1-2H3,(H,29,31). The van der Waals surface area contributed by atoms with Crippen molar-refractivity contribution in [2.24, 2.45) is 4.99 Å². The van der Waals surface area contributed by atoms with Gasteiger partial charge in [0.25, 0.3) is 0 Å². The second-order valence-corrected chi connectivity index (χ2v) is 8.45. The average Bonchev–Trinajstić information content (AvgIpc) is 3.11. The smallest absolute Gasteiger partial charge is 0.238 e. The number of halogens is 1. The highest BCUT2D eigenvalue weighted by Crippen LogP contribution is 2.37. The summed E-state index contributed by atoms with van der Waals surface area (Å²) in [6.07, 6.45) is 0.964. The number of carbonyl (C=O) groups is 1. The summed E-state index contributed by atoms with van der Waals surface area (Å²) in [7, 11) is 4.10. The summed E-state index contributed by atoms with van der Waals surface area (Å²) in [6, 6.07) is 22.9. The van der Waals surface area contributed by atoms with Gasteiger partial charge < -0.3 is 15.0 Å². The summed E-state index contributed by atoms with van der Waals surface area (Å²) in [4.78, 5) is 20.0. The lowest BCUT2D eigenvalue weighted by atomic mass is 9.90. The van der Waals surface area contributed by atoms with Crippen molar-refractivity contribution in [2.45, 2.75) is 12.3 Å². The molecule has 1 atom stereocenters. The lowest BCUT2D eigenvalue weighted by Gasteiger charge is -2.14. The molecule has 0 saturated heterocycles. The molecule has 5 nitrogen and oxygen atoms in total. The highest BCUT2D eigenvalue weighted by atomic mass is 35.5. The minimum atomic E-state index is -0.508. The number of aliphatic imine (C=N–C) groups is 1. The maximum atomic E-state index is 12.9. The first-order valence-corrected chi connectivity index (χ1v) is 11.0. The molecule has 0 saturated carbocycles. The highest BCUT2D eigenvalue weighted by molar-refractivity contribution is 6.31. The number of hydrogen-bond acceptors (Lipinski definition) is 4. The number of anilines is 1. The second kappa shape index (κ2) is 9.98. The number of benzene rings is 3. The van der Waals surface area contributed by atoms with Gasteiger partial charge in [-0.3, -0.25) is 9.79 Å². The molecule has 0 aliphatic carbocycles. The molecule has 1 heterocycles. The van der Waals surface area contributed by atoms with Gasteiger partial charge in [-0.1, -0.05) is 48.0 Å². The van der Waals surface area contributed by atoms with E-state index in [1.54, 1.807) is 12.1 Å². The van der Waals surface area contributed by atoms with Gasteiger partial charge in [-0.2, -0.15) is 0 Å². The Kier molecular flexibility index (Phi) is 6.88. The Morgan fingerprint density at radius 1 is 1.06 bits per heavy atom. The van der Waals surface area contributed by atoms with Crippen LogP contribution in [0.3, 0.4) is 0 Å². The van der Waals surface area contributed by atoms with Crippen LogP contribution in [0.25, 0.3) is 0 Å². The third kappa shape index (κ3) is 5.18. The van der Waals surface area contributed by atoms with E-state index in [9.17, 15) is 4.79 Å². The Balaban J connectivity index is 1.62. The molecule has 1 N–H and O–H groups in total. The molecule has 0 fully saturated rings. The fourth-order valence-corrected chi connectivity index (χ4v) is 3.91. The van der Waals surface area contributed by atoms with Gasteiger partial charge in [0.2, 0.25) is 5.91 Å². The molecule has 1 amide bonds. The molecule has 3 aromatic rings. The second-order valence-electron chi connectivity index (χ2n) is 8.02. The molecule has 6 heteroatoms. The lowest BCUT2D eigenvalue weighted by Crippen LogP contribution is -2.21. The van der Waals surface area contributed by atoms with E-state index in [4.69, 9.17) is 21.3 Å². The highest BCUT2D eigenvalue weighted by Gasteiger charge is 2.35. The van der Waals surface area contributed by atoms with Gasteiger partial charge in [0.1, 0.15) is 11.7 Å². The average molecular weight is 448 g/mol. The number of nitrogens with one attached hydrogen (secondary N) is 1. The Morgan fingerprint density at radius 3 is 2.53 bits per heavy atom. The van der Waals surface area contributed by atoms with Gasteiger partial charge in [-0.25, -0.2) is 0 Å². The Morgan fingerprint density at radius 2 is 1.81 bits per heavy atom. The molecule has 1 aliphatic heterocycles. The van der Waals surface area contributed by atoms with Crippen LogP contribution in [-0.4, -0.2) is 43.8 Å². The van der Waals surface area contributed by atoms with Crippen LogP contribution in [0.1, 0.15) is 23.5 Å². The maximum absolute atomic E-state index is 12.9. The third-order valence-corrected chi connectivity index (χ3v) is 5.53. The SMILES string of the molecule is CN(C)CCCOc1ccc(N=C(c2ccccc2)C2C(=O)Nc3cc(Cl)ccc32)cc1. The van der Waals surface area contributed by atoms with Crippen molar-refractivity contribution in [3.63, 3.8) is 0 Å². The fourth-order valence-electron chi connectivity index (χ4n) is 3.74. The Labute approximate surface area is 193 Å². The Hall–Kier alpha value is -3.15. The van der Waals surface area contributed by atoms with Gasteiger partial charge in [0.15, 0.2) is 0 Å². The van der Waals surface area contributed by atoms with E-state index in [1.807, 2.05) is 60.7 Å². The molecule has 3 aromatic carbocycles. The lowest BCUT2D eigenvalue weighted by molar-refractivity contribution is -0.115. The summed E-state index contributed by atoms with van der Waals surface area (Å²) in [5, 5.41) is 3.53. The summed E-state index contributed by atoms with van der Waals surface area (Å²) < 4.78 is 5.82. The van der Waals surface area contributed by atoms with Crippen LogP contribution in [0.4, 0.5) is 11.4 Å². The topological polar surface area (TPSA) is 53.9 Å². The molecule has 1 unspecified atom stereocenters. The molecule has 164 valence electrons. The molecule has 0 spiro atoms. The van der Waals surface area contributed by atoms with Crippen molar-refractivity contribution < 1.29 is 9.53 Å². The van der Waals surface area contributed by atoms with E-state index in [2.05, 4.69) is 24.3 Å².